The maximum atomic E-state index is 12.0. The zero-order chi connectivity index (χ0) is 12.7. The third kappa shape index (κ3) is 1.60. The SMILES string of the molecule is Cc1ccc2nc(-c3nc[nH]c3C)[nH]c(=O)c2c1. The lowest BCUT2D eigenvalue weighted by molar-refractivity contribution is 1.14. The van der Waals surface area contributed by atoms with Crippen LogP contribution in [-0.2, 0) is 0 Å². The maximum Gasteiger partial charge on any atom is 0.259 e. The number of hydrogen-bond donors (Lipinski definition) is 2. The highest BCUT2D eigenvalue weighted by Crippen LogP contribution is 2.17. The monoisotopic (exact) mass is 240 g/mol. The van der Waals surface area contributed by atoms with Gasteiger partial charge in [-0.25, -0.2) is 9.97 Å². The molecule has 0 spiro atoms. The molecule has 2 N–H and O–H groups in total. The summed E-state index contributed by atoms with van der Waals surface area (Å²) in [5, 5.41) is 0.604. The number of aryl methyl sites for hydroxylation is 2. The summed E-state index contributed by atoms with van der Waals surface area (Å²) >= 11 is 0. The van der Waals surface area contributed by atoms with Crippen molar-refractivity contribution in [3.8, 4) is 11.5 Å². The van der Waals surface area contributed by atoms with Crippen molar-refractivity contribution in [1.82, 2.24) is 19.9 Å². The van der Waals surface area contributed by atoms with E-state index in [0.717, 1.165) is 11.3 Å². The molecular formula is C13H12N4O. The molecule has 0 atom stereocenters. The number of imidazole rings is 1. The molecule has 1 aromatic carbocycles. The number of nitrogens with one attached hydrogen (secondary N) is 2. The predicted molar refractivity (Wildman–Crippen MR) is 69.4 cm³/mol. The quantitative estimate of drug-likeness (QED) is 0.682. The number of H-pyrrole nitrogens is 2. The Balaban J connectivity index is 2.32. The van der Waals surface area contributed by atoms with Crippen molar-refractivity contribution in [2.75, 3.05) is 0 Å². The van der Waals surface area contributed by atoms with E-state index in [1.807, 2.05) is 32.0 Å². The largest absolute Gasteiger partial charge is 0.348 e. The van der Waals surface area contributed by atoms with Crippen molar-refractivity contribution < 1.29 is 0 Å². The van der Waals surface area contributed by atoms with Gasteiger partial charge in [-0.15, -0.1) is 0 Å². The van der Waals surface area contributed by atoms with Gasteiger partial charge in [0.25, 0.3) is 5.56 Å². The topological polar surface area (TPSA) is 74.4 Å². The molecule has 0 aliphatic rings. The van der Waals surface area contributed by atoms with Gasteiger partial charge in [0, 0.05) is 5.69 Å². The Kier molecular flexibility index (Phi) is 2.26. The number of aromatic nitrogens is 4. The fraction of sp³-hybridized carbons (Fsp3) is 0.154. The van der Waals surface area contributed by atoms with E-state index < -0.39 is 0 Å². The molecule has 0 bridgehead atoms. The molecule has 3 rings (SSSR count). The van der Waals surface area contributed by atoms with Gasteiger partial charge >= 0.3 is 0 Å². The zero-order valence-electron chi connectivity index (χ0n) is 10.1. The minimum Gasteiger partial charge on any atom is -0.348 e. The molecule has 90 valence electrons. The van der Waals surface area contributed by atoms with Crippen molar-refractivity contribution in [3.05, 3.63) is 46.1 Å². The van der Waals surface area contributed by atoms with Gasteiger partial charge in [-0.1, -0.05) is 11.6 Å². The Hall–Kier alpha value is -2.43. The van der Waals surface area contributed by atoms with E-state index in [4.69, 9.17) is 0 Å². The Morgan fingerprint density at radius 2 is 2.06 bits per heavy atom. The number of hydrogen-bond acceptors (Lipinski definition) is 3. The highest BCUT2D eigenvalue weighted by atomic mass is 16.1. The van der Waals surface area contributed by atoms with Gasteiger partial charge in [0.2, 0.25) is 0 Å². The molecule has 5 nitrogen and oxygen atoms in total. The van der Waals surface area contributed by atoms with Gasteiger partial charge < -0.3 is 9.97 Å². The van der Waals surface area contributed by atoms with Crippen LogP contribution in [0.3, 0.4) is 0 Å². The molecule has 0 unspecified atom stereocenters. The summed E-state index contributed by atoms with van der Waals surface area (Å²) in [5.41, 5.74) is 3.14. The summed E-state index contributed by atoms with van der Waals surface area (Å²) in [7, 11) is 0. The molecular weight excluding hydrogens is 228 g/mol. The summed E-state index contributed by atoms with van der Waals surface area (Å²) in [4.78, 5) is 26.4. The average Bonchev–Trinajstić information content (AvgIpc) is 2.76. The van der Waals surface area contributed by atoms with Crippen LogP contribution in [0.5, 0.6) is 0 Å². The summed E-state index contributed by atoms with van der Waals surface area (Å²) < 4.78 is 0. The van der Waals surface area contributed by atoms with Crippen molar-refractivity contribution in [3.63, 3.8) is 0 Å². The maximum absolute atomic E-state index is 12.0. The molecule has 0 aliphatic heterocycles. The van der Waals surface area contributed by atoms with E-state index in [-0.39, 0.29) is 5.56 Å². The number of aromatic amines is 2. The van der Waals surface area contributed by atoms with Crippen molar-refractivity contribution in [2.24, 2.45) is 0 Å². The second-order valence-corrected chi connectivity index (χ2v) is 4.31. The number of fused-ring (bicyclic) bond motifs is 1. The van der Waals surface area contributed by atoms with Crippen LogP contribution >= 0.6 is 0 Å². The van der Waals surface area contributed by atoms with Crippen molar-refractivity contribution in [2.45, 2.75) is 13.8 Å². The van der Waals surface area contributed by atoms with Gasteiger partial charge in [0.05, 0.1) is 17.2 Å². The highest BCUT2D eigenvalue weighted by Gasteiger charge is 2.10. The molecule has 0 radical (unpaired) electrons. The van der Waals surface area contributed by atoms with Crippen LogP contribution in [0.4, 0.5) is 0 Å². The van der Waals surface area contributed by atoms with Crippen molar-refractivity contribution in [1.29, 1.82) is 0 Å². The molecule has 3 aromatic rings. The fourth-order valence-electron chi connectivity index (χ4n) is 1.96. The van der Waals surface area contributed by atoms with Crippen LogP contribution in [0.25, 0.3) is 22.4 Å². The third-order valence-electron chi connectivity index (χ3n) is 2.92. The second-order valence-electron chi connectivity index (χ2n) is 4.31. The molecule has 2 aromatic heterocycles. The van der Waals surface area contributed by atoms with E-state index in [0.29, 0.717) is 22.4 Å². The van der Waals surface area contributed by atoms with Crippen LogP contribution in [0.1, 0.15) is 11.3 Å². The average molecular weight is 240 g/mol. The first-order chi connectivity index (χ1) is 8.65. The first kappa shape index (κ1) is 10.7. The normalized spacial score (nSPS) is 11.0. The lowest BCUT2D eigenvalue weighted by Gasteiger charge is -2.02. The Morgan fingerprint density at radius 1 is 1.22 bits per heavy atom. The lowest BCUT2D eigenvalue weighted by Crippen LogP contribution is -2.10. The van der Waals surface area contributed by atoms with E-state index in [1.165, 1.54) is 0 Å². The smallest absolute Gasteiger partial charge is 0.259 e. The molecule has 18 heavy (non-hydrogen) atoms. The van der Waals surface area contributed by atoms with E-state index in [1.54, 1.807) is 6.33 Å². The number of benzene rings is 1. The molecule has 2 heterocycles. The minimum atomic E-state index is -0.138. The molecule has 0 amide bonds. The van der Waals surface area contributed by atoms with Crippen LogP contribution in [0, 0.1) is 13.8 Å². The first-order valence-corrected chi connectivity index (χ1v) is 5.66. The molecule has 0 saturated carbocycles. The summed E-state index contributed by atoms with van der Waals surface area (Å²) in [6.45, 7) is 3.84. The molecule has 0 saturated heterocycles. The summed E-state index contributed by atoms with van der Waals surface area (Å²) in [6, 6.07) is 5.63. The van der Waals surface area contributed by atoms with E-state index in [2.05, 4.69) is 19.9 Å². The van der Waals surface area contributed by atoms with Gasteiger partial charge in [-0.05, 0) is 26.0 Å². The first-order valence-electron chi connectivity index (χ1n) is 5.66. The molecule has 0 fully saturated rings. The van der Waals surface area contributed by atoms with Gasteiger partial charge in [-0.2, -0.15) is 0 Å². The van der Waals surface area contributed by atoms with E-state index >= 15 is 0 Å². The molecule has 0 aliphatic carbocycles. The third-order valence-corrected chi connectivity index (χ3v) is 2.92. The summed E-state index contributed by atoms with van der Waals surface area (Å²) in [5.74, 6) is 0.495. The van der Waals surface area contributed by atoms with Crippen LogP contribution in [0.2, 0.25) is 0 Å². The Morgan fingerprint density at radius 3 is 2.78 bits per heavy atom. The number of nitrogens with zero attached hydrogens (tertiary/aromatic N) is 2. The predicted octanol–water partition coefficient (Wildman–Crippen LogP) is 1.93. The van der Waals surface area contributed by atoms with Crippen molar-refractivity contribution >= 4 is 10.9 Å². The van der Waals surface area contributed by atoms with Gasteiger partial charge in [-0.3, -0.25) is 4.79 Å². The standard InChI is InChI=1S/C13H12N4O/c1-7-3-4-10-9(5-7)13(18)17-12(16-10)11-8(2)14-6-15-11/h3-6H,1-2H3,(H,14,15)(H,16,17,18). The van der Waals surface area contributed by atoms with E-state index in [9.17, 15) is 4.79 Å². The Bertz CT molecular complexity index is 785. The summed E-state index contributed by atoms with van der Waals surface area (Å²) in [6.07, 6.45) is 1.59. The highest BCUT2D eigenvalue weighted by molar-refractivity contribution is 5.79. The van der Waals surface area contributed by atoms with Crippen LogP contribution < -0.4 is 5.56 Å². The Labute approximate surface area is 103 Å². The fourth-order valence-corrected chi connectivity index (χ4v) is 1.96. The zero-order valence-corrected chi connectivity index (χ0v) is 10.1. The second kappa shape index (κ2) is 3.80. The van der Waals surface area contributed by atoms with Crippen LogP contribution in [0.15, 0.2) is 29.3 Å². The minimum absolute atomic E-state index is 0.138. The number of rotatable bonds is 1. The lowest BCUT2D eigenvalue weighted by atomic mass is 10.1. The van der Waals surface area contributed by atoms with Gasteiger partial charge in [0.15, 0.2) is 5.82 Å². The van der Waals surface area contributed by atoms with Gasteiger partial charge in [0.1, 0.15) is 5.69 Å². The molecule has 5 heteroatoms. The van der Waals surface area contributed by atoms with Crippen LogP contribution in [-0.4, -0.2) is 19.9 Å².